The van der Waals surface area contributed by atoms with Gasteiger partial charge >= 0.3 is 0 Å². The molecule has 2 amide bonds. The number of piperidine rings is 2. The highest BCUT2D eigenvalue weighted by molar-refractivity contribution is 6.05. The Morgan fingerprint density at radius 2 is 1.79 bits per heavy atom. The number of hydrogen-bond donors (Lipinski definition) is 1. The summed E-state index contributed by atoms with van der Waals surface area (Å²) in [6.07, 6.45) is 7.90. The van der Waals surface area contributed by atoms with Gasteiger partial charge in [0.05, 0.1) is 11.5 Å². The van der Waals surface area contributed by atoms with Crippen molar-refractivity contribution in [1.82, 2.24) is 15.1 Å². The van der Waals surface area contributed by atoms with Crippen molar-refractivity contribution in [2.45, 2.75) is 50.6 Å². The zero-order chi connectivity index (χ0) is 19.8. The van der Waals surface area contributed by atoms with Crippen LogP contribution in [0.25, 0.3) is 11.0 Å². The highest BCUT2D eigenvalue weighted by Crippen LogP contribution is 2.28. The molecule has 0 bridgehead atoms. The zero-order valence-electron chi connectivity index (χ0n) is 16.8. The lowest BCUT2D eigenvalue weighted by Gasteiger charge is -2.42. The second-order valence-electron chi connectivity index (χ2n) is 8.79. The number of carbonyl (C=O) groups is 2. The average molecular weight is 396 g/mol. The number of rotatable bonds is 4. The summed E-state index contributed by atoms with van der Waals surface area (Å²) >= 11 is 0. The minimum absolute atomic E-state index is 0.0636. The van der Waals surface area contributed by atoms with Crippen LogP contribution in [0.15, 0.2) is 34.9 Å². The van der Waals surface area contributed by atoms with Crippen LogP contribution in [0.4, 0.5) is 0 Å². The molecule has 0 spiro atoms. The third-order valence-electron chi connectivity index (χ3n) is 6.73. The van der Waals surface area contributed by atoms with E-state index in [1.54, 1.807) is 6.26 Å². The van der Waals surface area contributed by atoms with Gasteiger partial charge in [0.1, 0.15) is 11.8 Å². The molecule has 1 saturated carbocycles. The van der Waals surface area contributed by atoms with Gasteiger partial charge in [0, 0.05) is 37.1 Å². The lowest BCUT2D eigenvalue weighted by molar-refractivity contribution is -0.127. The largest absolute Gasteiger partial charge is 0.463 e. The quantitative estimate of drug-likeness (QED) is 0.864. The van der Waals surface area contributed by atoms with Crippen LogP contribution in [0.5, 0.6) is 0 Å². The Kier molecular flexibility index (Phi) is 5.04. The SMILES string of the molecule is O=C(NC1CC1)C1CCCN(C2CCN(C(=O)c3coc4ccccc34)CC2)C1. The van der Waals surface area contributed by atoms with Gasteiger partial charge in [0.15, 0.2) is 0 Å². The summed E-state index contributed by atoms with van der Waals surface area (Å²) in [5, 5.41) is 4.06. The van der Waals surface area contributed by atoms with Gasteiger partial charge in [-0.2, -0.15) is 0 Å². The number of fused-ring (bicyclic) bond motifs is 1. The molecular formula is C23H29N3O3. The molecule has 29 heavy (non-hydrogen) atoms. The smallest absolute Gasteiger partial charge is 0.257 e. The second-order valence-corrected chi connectivity index (χ2v) is 8.79. The van der Waals surface area contributed by atoms with Gasteiger partial charge in [-0.3, -0.25) is 14.5 Å². The van der Waals surface area contributed by atoms with E-state index < -0.39 is 0 Å². The molecule has 6 nitrogen and oxygen atoms in total. The molecule has 0 radical (unpaired) electrons. The molecule has 2 aliphatic heterocycles. The fourth-order valence-electron chi connectivity index (χ4n) is 4.85. The van der Waals surface area contributed by atoms with Gasteiger partial charge in [-0.25, -0.2) is 0 Å². The number of benzene rings is 1. The van der Waals surface area contributed by atoms with Crippen LogP contribution >= 0.6 is 0 Å². The van der Waals surface area contributed by atoms with E-state index in [0.29, 0.717) is 17.6 Å². The van der Waals surface area contributed by atoms with E-state index in [-0.39, 0.29) is 17.7 Å². The van der Waals surface area contributed by atoms with Crippen LogP contribution in [-0.2, 0) is 4.79 Å². The van der Waals surface area contributed by atoms with E-state index in [2.05, 4.69) is 10.2 Å². The maximum atomic E-state index is 13.0. The average Bonchev–Trinajstić information content (AvgIpc) is 3.48. The number of carbonyl (C=O) groups excluding carboxylic acids is 2. The molecular weight excluding hydrogens is 366 g/mol. The molecule has 2 saturated heterocycles. The summed E-state index contributed by atoms with van der Waals surface area (Å²) < 4.78 is 5.55. The monoisotopic (exact) mass is 395 g/mol. The molecule has 3 fully saturated rings. The highest BCUT2D eigenvalue weighted by atomic mass is 16.3. The number of furan rings is 1. The predicted molar refractivity (Wildman–Crippen MR) is 111 cm³/mol. The molecule has 1 unspecified atom stereocenters. The molecule has 1 aliphatic carbocycles. The van der Waals surface area contributed by atoms with Gasteiger partial charge in [-0.15, -0.1) is 0 Å². The number of nitrogens with zero attached hydrogens (tertiary/aromatic N) is 2. The predicted octanol–water partition coefficient (Wildman–Crippen LogP) is 3.03. The molecule has 1 aromatic heterocycles. The maximum Gasteiger partial charge on any atom is 0.257 e. The fraction of sp³-hybridized carbons (Fsp3) is 0.565. The van der Waals surface area contributed by atoms with Crippen molar-refractivity contribution in [3.05, 3.63) is 36.1 Å². The van der Waals surface area contributed by atoms with Crippen LogP contribution < -0.4 is 5.32 Å². The first-order valence-electron chi connectivity index (χ1n) is 11.0. The number of likely N-dealkylation sites (tertiary alicyclic amines) is 2. The summed E-state index contributed by atoms with van der Waals surface area (Å²) in [6, 6.07) is 8.60. The Hall–Kier alpha value is -2.34. The standard InChI is InChI=1S/C23H29N3O3/c27-22(24-17-7-8-17)16-4-3-11-26(14-16)18-9-12-25(13-10-18)23(28)20-15-29-21-6-2-1-5-19(20)21/h1-2,5-6,15-18H,3-4,7-14H2,(H,24,27). The first-order chi connectivity index (χ1) is 14.2. The van der Waals surface area contributed by atoms with Crippen molar-refractivity contribution in [1.29, 1.82) is 0 Å². The van der Waals surface area contributed by atoms with E-state index in [9.17, 15) is 9.59 Å². The second kappa shape index (κ2) is 7.82. The van der Waals surface area contributed by atoms with Gasteiger partial charge in [-0.1, -0.05) is 18.2 Å². The van der Waals surface area contributed by atoms with Crippen molar-refractivity contribution in [2.24, 2.45) is 5.92 Å². The molecule has 1 aromatic carbocycles. The number of nitrogens with one attached hydrogen (secondary N) is 1. The van der Waals surface area contributed by atoms with E-state index >= 15 is 0 Å². The Labute approximate surface area is 171 Å². The third kappa shape index (κ3) is 3.90. The van der Waals surface area contributed by atoms with Crippen LogP contribution in [0.2, 0.25) is 0 Å². The minimum atomic E-state index is 0.0636. The first kappa shape index (κ1) is 18.7. The molecule has 2 aromatic rings. The maximum absolute atomic E-state index is 13.0. The van der Waals surface area contributed by atoms with Crippen molar-refractivity contribution < 1.29 is 14.0 Å². The third-order valence-corrected chi connectivity index (χ3v) is 6.73. The van der Waals surface area contributed by atoms with Gasteiger partial charge in [0.25, 0.3) is 5.91 Å². The minimum Gasteiger partial charge on any atom is -0.463 e. The lowest BCUT2D eigenvalue weighted by Crippen LogP contribution is -2.51. The van der Waals surface area contributed by atoms with E-state index in [0.717, 1.165) is 75.7 Å². The zero-order valence-corrected chi connectivity index (χ0v) is 16.8. The summed E-state index contributed by atoms with van der Waals surface area (Å²) in [7, 11) is 0. The summed E-state index contributed by atoms with van der Waals surface area (Å²) in [6.45, 7) is 3.46. The van der Waals surface area contributed by atoms with Crippen LogP contribution in [0, 0.1) is 5.92 Å². The first-order valence-corrected chi connectivity index (χ1v) is 11.0. The molecule has 5 rings (SSSR count). The molecule has 3 aliphatic rings. The van der Waals surface area contributed by atoms with Crippen LogP contribution in [-0.4, -0.2) is 59.9 Å². The van der Waals surface area contributed by atoms with Gasteiger partial charge in [0.2, 0.25) is 5.91 Å². The molecule has 1 atom stereocenters. The molecule has 3 heterocycles. The van der Waals surface area contributed by atoms with Crippen molar-refractivity contribution in [3.8, 4) is 0 Å². The van der Waals surface area contributed by atoms with Gasteiger partial charge < -0.3 is 14.6 Å². The van der Waals surface area contributed by atoms with Crippen LogP contribution in [0.1, 0.15) is 48.9 Å². The summed E-state index contributed by atoms with van der Waals surface area (Å²) in [4.78, 5) is 29.9. The number of amides is 2. The number of para-hydroxylation sites is 1. The van der Waals surface area contributed by atoms with Crippen molar-refractivity contribution in [2.75, 3.05) is 26.2 Å². The lowest BCUT2D eigenvalue weighted by atomic mass is 9.93. The molecule has 154 valence electrons. The Balaban J connectivity index is 1.18. The fourth-order valence-corrected chi connectivity index (χ4v) is 4.85. The van der Waals surface area contributed by atoms with Crippen molar-refractivity contribution >= 4 is 22.8 Å². The van der Waals surface area contributed by atoms with Crippen molar-refractivity contribution in [3.63, 3.8) is 0 Å². The van der Waals surface area contributed by atoms with E-state index in [4.69, 9.17) is 4.42 Å². The normalized spacial score (nSPS) is 24.0. The van der Waals surface area contributed by atoms with Crippen LogP contribution in [0.3, 0.4) is 0 Å². The Morgan fingerprint density at radius 3 is 2.59 bits per heavy atom. The van der Waals surface area contributed by atoms with E-state index in [1.807, 2.05) is 29.2 Å². The Morgan fingerprint density at radius 1 is 1.00 bits per heavy atom. The summed E-state index contributed by atoms with van der Waals surface area (Å²) in [5.74, 6) is 0.437. The van der Waals surface area contributed by atoms with Gasteiger partial charge in [-0.05, 0) is 51.1 Å². The summed E-state index contributed by atoms with van der Waals surface area (Å²) in [5.41, 5.74) is 1.42. The molecule has 1 N–H and O–H groups in total. The topological polar surface area (TPSA) is 65.8 Å². The molecule has 6 heteroatoms. The van der Waals surface area contributed by atoms with E-state index in [1.165, 1.54) is 0 Å². The highest BCUT2D eigenvalue weighted by Gasteiger charge is 2.34. The number of hydrogen-bond acceptors (Lipinski definition) is 4. The Bertz CT molecular complexity index is 896.